The third-order valence-corrected chi connectivity index (χ3v) is 4.69. The molecule has 0 aliphatic heterocycles. The predicted octanol–water partition coefficient (Wildman–Crippen LogP) is 3.91. The van der Waals surface area contributed by atoms with Crippen LogP contribution in [0.4, 0.5) is 4.39 Å². The van der Waals surface area contributed by atoms with Gasteiger partial charge in [0.2, 0.25) is 0 Å². The molecule has 0 aliphatic carbocycles. The SMILES string of the molecule is CCn1nc(C)c(Br)c1CC(O)Cc1cccc(Cl)c1F. The Labute approximate surface area is 136 Å². The van der Waals surface area contributed by atoms with Gasteiger partial charge in [0.05, 0.1) is 27.0 Å². The summed E-state index contributed by atoms with van der Waals surface area (Å²) in [5.41, 5.74) is 2.23. The maximum Gasteiger partial charge on any atom is 0.145 e. The Morgan fingerprint density at radius 1 is 1.43 bits per heavy atom. The van der Waals surface area contributed by atoms with Gasteiger partial charge < -0.3 is 5.11 Å². The first-order valence-electron chi connectivity index (χ1n) is 6.76. The third kappa shape index (κ3) is 3.65. The molecule has 1 heterocycles. The molecule has 0 spiro atoms. The fourth-order valence-corrected chi connectivity index (χ4v) is 2.96. The monoisotopic (exact) mass is 374 g/mol. The van der Waals surface area contributed by atoms with Crippen molar-refractivity contribution < 1.29 is 9.50 Å². The van der Waals surface area contributed by atoms with Crippen molar-refractivity contribution in [1.82, 2.24) is 9.78 Å². The minimum absolute atomic E-state index is 0.0790. The second kappa shape index (κ2) is 6.90. The highest BCUT2D eigenvalue weighted by Crippen LogP contribution is 2.24. The number of nitrogens with zero attached hydrogens (tertiary/aromatic N) is 2. The van der Waals surface area contributed by atoms with E-state index >= 15 is 0 Å². The van der Waals surface area contributed by atoms with Crippen LogP contribution in [0, 0.1) is 12.7 Å². The van der Waals surface area contributed by atoms with E-state index in [1.807, 2.05) is 18.5 Å². The molecule has 1 unspecified atom stereocenters. The first-order chi connectivity index (χ1) is 9.93. The molecular weight excluding hydrogens is 359 g/mol. The lowest BCUT2D eigenvalue weighted by atomic mass is 10.0. The molecule has 1 atom stereocenters. The van der Waals surface area contributed by atoms with E-state index in [-0.39, 0.29) is 11.4 Å². The van der Waals surface area contributed by atoms with Crippen LogP contribution in [-0.2, 0) is 19.4 Å². The van der Waals surface area contributed by atoms with E-state index < -0.39 is 11.9 Å². The predicted molar refractivity (Wildman–Crippen MR) is 85.2 cm³/mol. The molecule has 0 bridgehead atoms. The summed E-state index contributed by atoms with van der Waals surface area (Å²) >= 11 is 9.25. The van der Waals surface area contributed by atoms with Gasteiger partial charge in [0.15, 0.2) is 0 Å². The lowest BCUT2D eigenvalue weighted by molar-refractivity contribution is 0.171. The molecular formula is C15H17BrClFN2O. The fourth-order valence-electron chi connectivity index (χ4n) is 2.32. The Hall–Kier alpha value is -0.910. The number of aromatic nitrogens is 2. The molecule has 21 heavy (non-hydrogen) atoms. The number of hydrogen-bond acceptors (Lipinski definition) is 2. The van der Waals surface area contributed by atoms with E-state index in [4.69, 9.17) is 11.6 Å². The minimum Gasteiger partial charge on any atom is -0.392 e. The summed E-state index contributed by atoms with van der Waals surface area (Å²) in [6.45, 7) is 4.62. The van der Waals surface area contributed by atoms with Crippen LogP contribution < -0.4 is 0 Å². The van der Waals surface area contributed by atoms with Gasteiger partial charge in [0, 0.05) is 19.4 Å². The lowest BCUT2D eigenvalue weighted by Crippen LogP contribution is -2.18. The van der Waals surface area contributed by atoms with Crippen molar-refractivity contribution in [3.05, 3.63) is 50.5 Å². The zero-order chi connectivity index (χ0) is 15.6. The van der Waals surface area contributed by atoms with Crippen LogP contribution in [0.1, 0.15) is 23.9 Å². The fraction of sp³-hybridized carbons (Fsp3) is 0.400. The molecule has 0 saturated heterocycles. The van der Waals surface area contributed by atoms with Crippen LogP contribution in [-0.4, -0.2) is 21.0 Å². The Morgan fingerprint density at radius 2 is 2.14 bits per heavy atom. The van der Waals surface area contributed by atoms with Gasteiger partial charge in [-0.1, -0.05) is 23.7 Å². The summed E-state index contributed by atoms with van der Waals surface area (Å²) in [5.74, 6) is -0.461. The Balaban J connectivity index is 2.15. The van der Waals surface area contributed by atoms with Gasteiger partial charge in [0.25, 0.3) is 0 Å². The van der Waals surface area contributed by atoms with Crippen LogP contribution in [0.2, 0.25) is 5.02 Å². The summed E-state index contributed by atoms with van der Waals surface area (Å²) in [6, 6.07) is 4.82. The maximum atomic E-state index is 13.9. The summed E-state index contributed by atoms with van der Waals surface area (Å²) < 4.78 is 16.6. The first kappa shape index (κ1) is 16.5. The van der Waals surface area contributed by atoms with Gasteiger partial charge >= 0.3 is 0 Å². The molecule has 1 aromatic heterocycles. The van der Waals surface area contributed by atoms with Gasteiger partial charge in [0.1, 0.15) is 5.82 Å². The molecule has 6 heteroatoms. The molecule has 1 aromatic carbocycles. The number of rotatable bonds is 5. The molecule has 0 aliphatic rings. The van der Waals surface area contributed by atoms with Crippen LogP contribution in [0.5, 0.6) is 0 Å². The molecule has 114 valence electrons. The molecule has 0 radical (unpaired) electrons. The Bertz CT molecular complexity index is 645. The minimum atomic E-state index is -0.698. The molecule has 1 N–H and O–H groups in total. The molecule has 0 fully saturated rings. The van der Waals surface area contributed by atoms with Crippen molar-refractivity contribution in [3.8, 4) is 0 Å². The van der Waals surface area contributed by atoms with Crippen LogP contribution in [0.15, 0.2) is 22.7 Å². The summed E-state index contributed by atoms with van der Waals surface area (Å²) in [6.07, 6.45) is -0.0794. The van der Waals surface area contributed by atoms with Crippen LogP contribution in [0.25, 0.3) is 0 Å². The normalized spacial score (nSPS) is 12.7. The maximum absolute atomic E-state index is 13.9. The van der Waals surface area contributed by atoms with Gasteiger partial charge in [-0.3, -0.25) is 4.68 Å². The van der Waals surface area contributed by atoms with E-state index in [1.54, 1.807) is 12.1 Å². The van der Waals surface area contributed by atoms with Crippen molar-refractivity contribution in [3.63, 3.8) is 0 Å². The van der Waals surface area contributed by atoms with Gasteiger partial charge in [-0.2, -0.15) is 5.10 Å². The Kier molecular flexibility index (Phi) is 5.41. The summed E-state index contributed by atoms with van der Waals surface area (Å²) in [4.78, 5) is 0. The first-order valence-corrected chi connectivity index (χ1v) is 7.93. The van der Waals surface area contributed by atoms with E-state index in [1.165, 1.54) is 6.07 Å². The molecule has 0 amide bonds. The van der Waals surface area contributed by atoms with E-state index in [9.17, 15) is 9.50 Å². The van der Waals surface area contributed by atoms with Crippen molar-refractivity contribution in [1.29, 1.82) is 0 Å². The average molecular weight is 376 g/mol. The summed E-state index contributed by atoms with van der Waals surface area (Å²) in [7, 11) is 0. The molecule has 2 rings (SSSR count). The summed E-state index contributed by atoms with van der Waals surface area (Å²) in [5, 5.41) is 14.7. The number of benzene rings is 1. The van der Waals surface area contributed by atoms with E-state index in [0.717, 1.165) is 22.4 Å². The second-order valence-corrected chi connectivity index (χ2v) is 6.14. The largest absolute Gasteiger partial charge is 0.392 e. The second-order valence-electron chi connectivity index (χ2n) is 4.94. The van der Waals surface area contributed by atoms with Gasteiger partial charge in [-0.25, -0.2) is 4.39 Å². The topological polar surface area (TPSA) is 38.0 Å². The number of halogens is 3. The molecule has 2 aromatic rings. The van der Waals surface area contributed by atoms with E-state index in [2.05, 4.69) is 21.0 Å². The van der Waals surface area contributed by atoms with Gasteiger partial charge in [-0.15, -0.1) is 0 Å². The quantitative estimate of drug-likeness (QED) is 0.860. The zero-order valence-corrected chi connectivity index (χ0v) is 14.2. The standard InChI is InChI=1S/C15H17BrClFN2O/c1-3-20-13(14(16)9(2)19-20)8-11(21)7-10-5-4-6-12(17)15(10)18/h4-6,11,21H,3,7-8H2,1-2H3. The highest BCUT2D eigenvalue weighted by atomic mass is 79.9. The molecule has 0 saturated carbocycles. The number of aliphatic hydroxyl groups is 1. The molecule has 3 nitrogen and oxygen atoms in total. The average Bonchev–Trinajstić information content (AvgIpc) is 2.71. The number of aliphatic hydroxyl groups excluding tert-OH is 1. The third-order valence-electron chi connectivity index (χ3n) is 3.37. The van der Waals surface area contributed by atoms with Crippen molar-refractivity contribution >= 4 is 27.5 Å². The van der Waals surface area contributed by atoms with Gasteiger partial charge in [-0.05, 0) is 41.4 Å². The van der Waals surface area contributed by atoms with E-state index in [0.29, 0.717) is 12.0 Å². The number of hydrogen-bond donors (Lipinski definition) is 1. The lowest BCUT2D eigenvalue weighted by Gasteiger charge is -2.13. The highest BCUT2D eigenvalue weighted by molar-refractivity contribution is 9.10. The van der Waals surface area contributed by atoms with Crippen molar-refractivity contribution in [2.24, 2.45) is 0 Å². The van der Waals surface area contributed by atoms with Crippen LogP contribution in [0.3, 0.4) is 0 Å². The Morgan fingerprint density at radius 3 is 2.81 bits per heavy atom. The van der Waals surface area contributed by atoms with Crippen molar-refractivity contribution in [2.75, 3.05) is 0 Å². The zero-order valence-electron chi connectivity index (χ0n) is 11.9. The van der Waals surface area contributed by atoms with Crippen molar-refractivity contribution in [2.45, 2.75) is 39.3 Å². The van der Waals surface area contributed by atoms with Crippen LogP contribution >= 0.6 is 27.5 Å². The smallest absolute Gasteiger partial charge is 0.145 e. The number of aryl methyl sites for hydroxylation is 2. The highest BCUT2D eigenvalue weighted by Gasteiger charge is 2.18.